The molecule has 1 nitrogen and oxygen atoms in total. The van der Waals surface area contributed by atoms with Crippen molar-refractivity contribution < 1.29 is 44.2 Å². The molecule has 0 atom stereocenters. The normalized spacial score (nSPS) is 19.8. The number of rotatable bonds is 3. The molecule has 1 aromatic heterocycles. The van der Waals surface area contributed by atoms with Gasteiger partial charge in [-0.1, -0.05) is 157 Å². The Bertz CT molecular complexity index is 4840. The van der Waals surface area contributed by atoms with Crippen LogP contribution in [-0.2, 0) is 0 Å². The van der Waals surface area contributed by atoms with Crippen molar-refractivity contribution in [2.24, 2.45) is 0 Å². The zero-order valence-corrected chi connectivity index (χ0v) is 26.4. The Balaban J connectivity index is 1.51. The van der Waals surface area contributed by atoms with Crippen molar-refractivity contribution in [3.8, 4) is 33.4 Å². The first kappa shape index (κ1) is 12.5. The maximum absolute atomic E-state index is 9.92. The Kier molecular flexibility index (Phi) is 2.68. The molecule has 0 saturated carbocycles. The van der Waals surface area contributed by atoms with E-state index in [2.05, 4.69) is 0 Å². The summed E-state index contributed by atoms with van der Waals surface area (Å²) < 4.78 is 272. The van der Waals surface area contributed by atoms with E-state index in [0.29, 0.717) is 0 Å². The molecule has 0 amide bonds. The topological polar surface area (TPSA) is 13.1 Å². The lowest BCUT2D eigenvalue weighted by Crippen LogP contribution is -1.94. The van der Waals surface area contributed by atoms with Gasteiger partial charge in [0.05, 0.1) is 39.8 Å². The van der Waals surface area contributed by atoms with E-state index >= 15 is 0 Å². The minimum Gasteiger partial charge on any atom is -0.456 e. The monoisotopic (exact) mass is 689 g/mol. The van der Waals surface area contributed by atoms with E-state index in [1.807, 2.05) is 0 Å². The summed E-state index contributed by atoms with van der Waals surface area (Å²) in [5, 5.41) is -7.31. The van der Waals surface area contributed by atoms with Crippen LogP contribution in [0.5, 0.6) is 0 Å². The molecule has 242 valence electrons. The fraction of sp³-hybridized carbons (Fsp3) is 0.0196. The number of furan rings is 1. The maximum atomic E-state index is 9.92. The van der Waals surface area contributed by atoms with E-state index in [-0.39, 0.29) is 5.56 Å². The van der Waals surface area contributed by atoms with Gasteiger partial charge >= 0.3 is 0 Å². The summed E-state index contributed by atoms with van der Waals surface area (Å²) in [7, 11) is 0. The quantitative estimate of drug-likeness (QED) is 0.168. The lowest BCUT2D eigenvalue weighted by Gasteiger charge is -2.21. The van der Waals surface area contributed by atoms with Crippen LogP contribution < -0.4 is 0 Å². The van der Waals surface area contributed by atoms with Gasteiger partial charge in [-0.05, 0) is 118 Å². The summed E-state index contributed by atoms with van der Waals surface area (Å²) >= 11 is 0. The van der Waals surface area contributed by atoms with E-state index < -0.39 is 284 Å². The van der Waals surface area contributed by atoms with Crippen molar-refractivity contribution in [3.63, 3.8) is 0 Å². The summed E-state index contributed by atoms with van der Waals surface area (Å²) in [5.41, 5.74) is -5.97. The zero-order valence-electron chi connectivity index (χ0n) is 55.4. The van der Waals surface area contributed by atoms with E-state index in [4.69, 9.17) is 25.0 Å². The fourth-order valence-corrected chi connectivity index (χ4v) is 6.89. The molecule has 0 fully saturated rings. The van der Waals surface area contributed by atoms with E-state index in [0.717, 1.165) is 0 Å². The highest BCUT2D eigenvalue weighted by molar-refractivity contribution is 6.28. The highest BCUT2D eigenvalue weighted by Crippen LogP contribution is 2.49. The number of hydrogen-bond acceptors (Lipinski definition) is 1. The first-order chi connectivity index (χ1) is 37.8. The molecular formula is C51H32O. The maximum Gasteiger partial charge on any atom is 0.136 e. The molecule has 11 aromatic rings. The molecule has 0 radical (unpaired) electrons. The molecule has 0 bridgehead atoms. The van der Waals surface area contributed by atoms with Gasteiger partial charge in [0.2, 0.25) is 0 Å². The second-order valence-electron chi connectivity index (χ2n) is 11.8. The van der Waals surface area contributed by atoms with Crippen LogP contribution in [0.1, 0.15) is 45.3 Å². The van der Waals surface area contributed by atoms with Gasteiger partial charge in [-0.3, -0.25) is 0 Å². The third-order valence-corrected chi connectivity index (χ3v) is 9.01. The third-order valence-electron chi connectivity index (χ3n) is 9.01. The van der Waals surface area contributed by atoms with Gasteiger partial charge in [0.1, 0.15) is 11.2 Å². The van der Waals surface area contributed by atoms with Gasteiger partial charge < -0.3 is 4.42 Å². The largest absolute Gasteiger partial charge is 0.456 e. The van der Waals surface area contributed by atoms with Crippen LogP contribution in [-0.4, -0.2) is 0 Å². The third kappa shape index (κ3) is 4.17. The summed E-state index contributed by atoms with van der Waals surface area (Å²) in [6.07, 6.45) is 0. The molecule has 0 N–H and O–H groups in total. The van der Waals surface area contributed by atoms with Crippen molar-refractivity contribution in [1.29, 1.82) is 0 Å². The molecule has 0 spiro atoms. The number of benzene rings is 10. The summed E-state index contributed by atoms with van der Waals surface area (Å²) in [4.78, 5) is 0. The molecule has 52 heavy (non-hydrogen) atoms. The van der Waals surface area contributed by atoms with Crippen LogP contribution >= 0.6 is 0 Å². The fourth-order valence-electron chi connectivity index (χ4n) is 6.89. The smallest absolute Gasteiger partial charge is 0.136 e. The van der Waals surface area contributed by atoms with Gasteiger partial charge in [-0.15, -0.1) is 0 Å². The minimum atomic E-state index is -1.05. The molecule has 0 aliphatic rings. The molecule has 11 rings (SSSR count). The number of aryl methyl sites for hydroxylation is 1. The second-order valence-corrected chi connectivity index (χ2v) is 11.8. The summed E-state index contributed by atoms with van der Waals surface area (Å²) in [6.45, 7) is 1.22. The Morgan fingerprint density at radius 1 is 0.365 bits per heavy atom. The van der Waals surface area contributed by atoms with Gasteiger partial charge in [0.25, 0.3) is 0 Å². The van der Waals surface area contributed by atoms with Crippen molar-refractivity contribution in [2.75, 3.05) is 0 Å². The molecule has 1 heterocycles. The molecule has 0 aliphatic heterocycles. The molecule has 0 unspecified atom stereocenters. The Hall–Kier alpha value is -6.70. The lowest BCUT2D eigenvalue weighted by atomic mass is 9.82. The Labute approximate surface area is 341 Å². The SMILES string of the molecule is [2H]c1c([2H])c(-c2c([2H])c([2H])c([2H])c3c([2H])c([2H])c([2H])c(-c4c5c([2H])c([2H])c([2H])c([2H])c5c(-c5c([2H])c([2H])c6c([2H])c([2H])c([2H])c([2H])c6c5[2H])c5c([2H])c([2H])c([2H])c(C)c45)c23)c2c(oc3c([2H])c([2H])c4c([2H])c([2H])c([2H])c([2H])c4c32)c1[2H]. The minimum absolute atomic E-state index is 0.334. The first-order valence-electron chi connectivity index (χ1n) is 30.2. The van der Waals surface area contributed by atoms with Gasteiger partial charge in [-0.2, -0.15) is 0 Å². The first-order valence-corrected chi connectivity index (χ1v) is 15.7. The number of fused-ring (bicyclic) bond motifs is 9. The summed E-state index contributed by atoms with van der Waals surface area (Å²) in [5.74, 6) is 0. The van der Waals surface area contributed by atoms with Crippen molar-refractivity contribution in [2.45, 2.75) is 6.92 Å². The van der Waals surface area contributed by atoms with Crippen LogP contribution in [0.15, 0.2) is 180 Å². The van der Waals surface area contributed by atoms with Crippen molar-refractivity contribution in [1.82, 2.24) is 0 Å². The summed E-state index contributed by atoms with van der Waals surface area (Å²) in [6, 6.07) is -26.4. The molecule has 0 aliphatic carbocycles. The van der Waals surface area contributed by atoms with Crippen molar-refractivity contribution in [3.05, 3.63) is 181 Å². The van der Waals surface area contributed by atoms with Crippen LogP contribution in [0.3, 0.4) is 0 Å². The van der Waals surface area contributed by atoms with Crippen LogP contribution in [0.2, 0.25) is 0 Å². The Morgan fingerprint density at radius 3 is 1.77 bits per heavy atom. The predicted molar refractivity (Wildman–Crippen MR) is 222 cm³/mol. The molecular weight excluding hydrogens is 629 g/mol. The highest BCUT2D eigenvalue weighted by Gasteiger charge is 2.22. The van der Waals surface area contributed by atoms with Gasteiger partial charge in [-0.25, -0.2) is 0 Å². The lowest BCUT2D eigenvalue weighted by molar-refractivity contribution is 0.669. The molecule has 1 heteroatoms. The van der Waals surface area contributed by atoms with Crippen LogP contribution in [0, 0.1) is 6.92 Å². The molecule has 0 saturated heterocycles. The van der Waals surface area contributed by atoms with Gasteiger partial charge in [0.15, 0.2) is 0 Å². The Morgan fingerprint density at radius 2 is 0.942 bits per heavy atom. The predicted octanol–water partition coefficient (Wildman–Crippen LogP) is 14.7. The molecule has 10 aromatic carbocycles. The van der Waals surface area contributed by atoms with Gasteiger partial charge in [0, 0.05) is 10.8 Å². The van der Waals surface area contributed by atoms with Crippen LogP contribution in [0.4, 0.5) is 0 Å². The number of hydrogen-bond donors (Lipinski definition) is 0. The van der Waals surface area contributed by atoms with Crippen molar-refractivity contribution >= 4 is 75.8 Å². The van der Waals surface area contributed by atoms with E-state index in [1.54, 1.807) is 0 Å². The average Bonchev–Trinajstić information content (AvgIpc) is 3.30. The average molecular weight is 690 g/mol. The van der Waals surface area contributed by atoms with E-state index in [9.17, 15) is 19.2 Å². The standard InChI is InChI=1S/C51H32O/c1-31-12-8-23-42-46(31)49(40-20-7-6-19-38(40)48(42)36-27-26-32-13-2-3-15-35(32)30-36)43-24-10-17-34-16-9-21-39(47(34)43)41-22-11-25-44-51(41)50-37-18-5-4-14-33(37)28-29-45(50)52-44/h2-30H,1H3/i2D,3D,4D,5D,6D,7D,8D,9D,10D,11D,12D,13D,14D,15D,16D,17D,18D,19D,20D,21D,22D,23D,24D,25D,26D,27D,28D,29D,30D. The van der Waals surface area contributed by atoms with E-state index in [1.165, 1.54) is 6.92 Å². The van der Waals surface area contributed by atoms with Crippen LogP contribution in [0.25, 0.3) is 109 Å². The second kappa shape index (κ2) is 11.2. The highest BCUT2D eigenvalue weighted by atomic mass is 16.3. The zero-order chi connectivity index (χ0) is 59.6.